The quantitative estimate of drug-likeness (QED) is 0.0248. The second-order valence-corrected chi connectivity index (χ2v) is 20.0. The first-order chi connectivity index (χ1) is 20.2. The molecule has 0 radical (unpaired) electrons. The number of halogens is 1. The maximum atomic E-state index is 12.7. The third-order valence-electron chi connectivity index (χ3n) is 7.03. The SMILES string of the molecule is CO[C@@H](CC/C(C)=C\C(CCC(=O)CS(=O)(=O)c1ccccc1)OCOCC[Si](C)(C)C)[C@@H](C)/C=C/C=C(\C)C(=O)CCl. The summed E-state index contributed by atoms with van der Waals surface area (Å²) in [5, 5.41) is 0. The summed E-state index contributed by atoms with van der Waals surface area (Å²) in [5.74, 6) is -0.895. The molecule has 1 rings (SSSR count). The van der Waals surface area contributed by atoms with Crippen LogP contribution in [0.25, 0.3) is 0 Å². The molecule has 0 saturated carbocycles. The van der Waals surface area contributed by atoms with Crippen LogP contribution in [0.5, 0.6) is 0 Å². The average Bonchev–Trinajstić information content (AvgIpc) is 2.94. The average molecular weight is 655 g/mol. The van der Waals surface area contributed by atoms with Gasteiger partial charge in [0.05, 0.1) is 23.0 Å². The van der Waals surface area contributed by atoms with Gasteiger partial charge in [0.2, 0.25) is 0 Å². The Labute approximate surface area is 265 Å². The summed E-state index contributed by atoms with van der Waals surface area (Å²) >= 11 is 5.61. The summed E-state index contributed by atoms with van der Waals surface area (Å²) in [6.07, 6.45) is 9.17. The maximum absolute atomic E-state index is 12.7. The molecule has 3 atom stereocenters. The molecule has 0 spiro atoms. The Bertz CT molecular complexity index is 1190. The summed E-state index contributed by atoms with van der Waals surface area (Å²) < 4.78 is 42.8. The number of sulfone groups is 1. The molecule has 7 nitrogen and oxygen atoms in total. The van der Waals surface area contributed by atoms with E-state index in [1.165, 1.54) is 12.1 Å². The number of hydrogen-bond donors (Lipinski definition) is 0. The number of alkyl halides is 1. The van der Waals surface area contributed by atoms with Crippen molar-refractivity contribution in [2.24, 2.45) is 5.92 Å². The Morgan fingerprint density at radius 2 is 1.72 bits per heavy atom. The van der Waals surface area contributed by atoms with Gasteiger partial charge in [-0.3, -0.25) is 9.59 Å². The lowest BCUT2D eigenvalue weighted by Crippen LogP contribution is -2.23. The molecule has 0 aliphatic carbocycles. The molecule has 0 aliphatic heterocycles. The van der Waals surface area contributed by atoms with Gasteiger partial charge in [-0.05, 0) is 56.9 Å². The summed E-state index contributed by atoms with van der Waals surface area (Å²) in [6, 6.07) is 9.05. The van der Waals surface area contributed by atoms with Gasteiger partial charge in [-0.25, -0.2) is 8.42 Å². The van der Waals surface area contributed by atoms with Crippen molar-refractivity contribution < 1.29 is 32.2 Å². The number of rotatable bonds is 22. The van der Waals surface area contributed by atoms with Gasteiger partial charge in [0.15, 0.2) is 15.6 Å². The molecular formula is C33H51ClO7SSi. The van der Waals surface area contributed by atoms with E-state index in [1.807, 2.05) is 25.2 Å². The predicted molar refractivity (Wildman–Crippen MR) is 178 cm³/mol. The molecule has 242 valence electrons. The van der Waals surface area contributed by atoms with Crippen LogP contribution < -0.4 is 0 Å². The maximum Gasteiger partial charge on any atom is 0.185 e. The summed E-state index contributed by atoms with van der Waals surface area (Å²) in [4.78, 5) is 24.5. The molecule has 1 aromatic rings. The number of carbonyl (C=O) groups excluding carboxylic acids is 2. The standard InChI is InChI=1S/C33H51ClO7SSi/c1-26(16-19-33(39-4)28(3)13-11-12-27(2)32(36)23-34)22-30(41-25-40-20-21-43(5,6)7)18-17-29(35)24-42(37,38)31-14-9-8-10-15-31/h8-15,22,28,30,33H,16-21,23-25H2,1-7H3/b13-11+,26-22-,27-12+/t28-,30?,33-/m0/s1. The Balaban J connectivity index is 2.82. The third-order valence-corrected chi connectivity index (χ3v) is 10.7. The zero-order valence-corrected chi connectivity index (χ0v) is 29.5. The van der Waals surface area contributed by atoms with Gasteiger partial charge >= 0.3 is 0 Å². The smallest absolute Gasteiger partial charge is 0.185 e. The van der Waals surface area contributed by atoms with E-state index >= 15 is 0 Å². The zero-order valence-electron chi connectivity index (χ0n) is 26.9. The monoisotopic (exact) mass is 654 g/mol. The molecule has 10 heteroatoms. The lowest BCUT2D eigenvalue weighted by Gasteiger charge is -2.21. The van der Waals surface area contributed by atoms with Crippen LogP contribution in [0.3, 0.4) is 0 Å². The first-order valence-electron chi connectivity index (χ1n) is 14.8. The summed E-state index contributed by atoms with van der Waals surface area (Å²) in [6.45, 7) is 13.4. The molecule has 0 saturated heterocycles. The van der Waals surface area contributed by atoms with Crippen LogP contribution in [0.4, 0.5) is 0 Å². The van der Waals surface area contributed by atoms with Crippen LogP contribution in [0.1, 0.15) is 46.5 Å². The lowest BCUT2D eigenvalue weighted by molar-refractivity contribution is -0.118. The van der Waals surface area contributed by atoms with Crippen molar-refractivity contribution >= 4 is 41.1 Å². The van der Waals surface area contributed by atoms with Gasteiger partial charge in [-0.15, -0.1) is 11.6 Å². The number of Topliss-reactive ketones (excluding diaryl/α,β-unsaturated/α-hetero) is 2. The molecule has 0 heterocycles. The zero-order chi connectivity index (χ0) is 32.5. The molecule has 0 N–H and O–H groups in total. The van der Waals surface area contributed by atoms with Gasteiger partial charge in [0.25, 0.3) is 0 Å². The van der Waals surface area contributed by atoms with E-state index in [0.29, 0.717) is 18.6 Å². The Morgan fingerprint density at radius 3 is 2.33 bits per heavy atom. The van der Waals surface area contributed by atoms with Gasteiger partial charge in [-0.1, -0.05) is 74.6 Å². The highest BCUT2D eigenvalue weighted by Crippen LogP contribution is 2.20. The molecule has 1 unspecified atom stereocenters. The van der Waals surface area contributed by atoms with E-state index in [2.05, 4.69) is 26.6 Å². The highest BCUT2D eigenvalue weighted by Gasteiger charge is 2.21. The van der Waals surface area contributed by atoms with Gasteiger partial charge in [-0.2, -0.15) is 0 Å². The minimum Gasteiger partial charge on any atom is -0.381 e. The largest absolute Gasteiger partial charge is 0.381 e. The number of ether oxygens (including phenoxy) is 3. The fourth-order valence-electron chi connectivity index (χ4n) is 4.15. The first kappa shape index (κ1) is 39.1. The van der Waals surface area contributed by atoms with Crippen molar-refractivity contribution in [2.75, 3.05) is 32.1 Å². The van der Waals surface area contributed by atoms with Crippen LogP contribution in [-0.2, 0) is 33.6 Å². The molecule has 0 amide bonds. The fraction of sp³-hybridized carbons (Fsp3) is 0.576. The number of benzene rings is 1. The number of ketones is 2. The van der Waals surface area contributed by atoms with Crippen molar-refractivity contribution in [3.8, 4) is 0 Å². The van der Waals surface area contributed by atoms with E-state index in [0.717, 1.165) is 24.5 Å². The summed E-state index contributed by atoms with van der Waals surface area (Å²) in [7, 11) is -3.23. The minimum atomic E-state index is -3.69. The van der Waals surface area contributed by atoms with Gasteiger partial charge < -0.3 is 14.2 Å². The minimum absolute atomic E-state index is 0.0334. The number of allylic oxidation sites excluding steroid dienone is 4. The van der Waals surface area contributed by atoms with Gasteiger partial charge in [0, 0.05) is 34.1 Å². The van der Waals surface area contributed by atoms with Crippen LogP contribution >= 0.6 is 11.6 Å². The number of hydrogen-bond acceptors (Lipinski definition) is 7. The van der Waals surface area contributed by atoms with Crippen LogP contribution in [-0.4, -0.2) is 72.4 Å². The molecule has 0 aliphatic rings. The Hall–Kier alpha value is -1.88. The van der Waals surface area contributed by atoms with E-state index in [4.69, 9.17) is 25.8 Å². The molecule has 1 aromatic carbocycles. The van der Waals surface area contributed by atoms with Crippen molar-refractivity contribution in [3.63, 3.8) is 0 Å². The Morgan fingerprint density at radius 1 is 1.05 bits per heavy atom. The Kier molecular flexibility index (Phi) is 18.4. The highest BCUT2D eigenvalue weighted by atomic mass is 35.5. The van der Waals surface area contributed by atoms with Crippen molar-refractivity contribution in [1.29, 1.82) is 0 Å². The van der Waals surface area contributed by atoms with E-state index in [-0.39, 0.29) is 53.7 Å². The number of carbonyl (C=O) groups is 2. The second-order valence-electron chi connectivity index (χ2n) is 12.2. The topological polar surface area (TPSA) is 96.0 Å². The van der Waals surface area contributed by atoms with Crippen molar-refractivity contribution in [3.05, 3.63) is 65.8 Å². The molecule has 0 fully saturated rings. The number of methoxy groups -OCH3 is 1. The van der Waals surface area contributed by atoms with Crippen LogP contribution in [0, 0.1) is 5.92 Å². The van der Waals surface area contributed by atoms with Crippen LogP contribution in [0.15, 0.2) is 70.7 Å². The lowest BCUT2D eigenvalue weighted by atomic mass is 9.96. The van der Waals surface area contributed by atoms with E-state index in [1.54, 1.807) is 38.3 Å². The molecule has 43 heavy (non-hydrogen) atoms. The molecular weight excluding hydrogens is 604 g/mol. The molecule has 0 bridgehead atoms. The fourth-order valence-corrected chi connectivity index (χ4v) is 6.42. The predicted octanol–water partition coefficient (Wildman–Crippen LogP) is 7.20. The highest BCUT2D eigenvalue weighted by molar-refractivity contribution is 7.92. The second kappa shape index (κ2) is 20.2. The van der Waals surface area contributed by atoms with Gasteiger partial charge in [0.1, 0.15) is 18.3 Å². The third kappa shape index (κ3) is 17.3. The van der Waals surface area contributed by atoms with E-state index in [9.17, 15) is 18.0 Å². The van der Waals surface area contributed by atoms with Crippen molar-refractivity contribution in [2.45, 2.75) is 89.2 Å². The first-order valence-corrected chi connectivity index (χ1v) is 20.7. The molecule has 0 aromatic heterocycles. The summed E-state index contributed by atoms with van der Waals surface area (Å²) in [5.41, 5.74) is 1.69. The van der Waals surface area contributed by atoms with Crippen molar-refractivity contribution in [1.82, 2.24) is 0 Å². The van der Waals surface area contributed by atoms with Crippen LogP contribution in [0.2, 0.25) is 25.7 Å². The van der Waals surface area contributed by atoms with E-state index < -0.39 is 23.7 Å². The normalized spacial score (nSPS) is 15.4.